The second-order valence-electron chi connectivity index (χ2n) is 6.06. The molecule has 0 aromatic heterocycles. The zero-order valence-electron chi connectivity index (χ0n) is 12.6. The molecule has 1 amide bonds. The molecule has 20 heavy (non-hydrogen) atoms. The minimum atomic E-state index is -0.380. The topological polar surface area (TPSA) is 53.0 Å². The summed E-state index contributed by atoms with van der Waals surface area (Å²) in [5, 5.41) is 9.69. The Bertz CT molecular complexity index is 297. The predicted molar refractivity (Wildman–Crippen MR) is 77.5 cm³/mol. The first kappa shape index (κ1) is 15.7. The summed E-state index contributed by atoms with van der Waals surface area (Å²) in [6, 6.07) is 0.461. The molecule has 1 aliphatic carbocycles. The van der Waals surface area contributed by atoms with Gasteiger partial charge in [-0.05, 0) is 19.8 Å². The summed E-state index contributed by atoms with van der Waals surface area (Å²) >= 11 is 0. The van der Waals surface area contributed by atoms with E-state index in [1.807, 2.05) is 4.90 Å². The summed E-state index contributed by atoms with van der Waals surface area (Å²) in [7, 11) is 0. The van der Waals surface area contributed by atoms with Crippen molar-refractivity contribution >= 4 is 5.91 Å². The lowest BCUT2D eigenvalue weighted by atomic mass is 9.94. The molecule has 5 nitrogen and oxygen atoms in total. The molecule has 2 fully saturated rings. The lowest BCUT2D eigenvalue weighted by Gasteiger charge is -2.36. The Morgan fingerprint density at radius 1 is 1.30 bits per heavy atom. The van der Waals surface area contributed by atoms with E-state index in [4.69, 9.17) is 4.74 Å². The molecule has 1 atom stereocenters. The molecule has 1 saturated carbocycles. The summed E-state index contributed by atoms with van der Waals surface area (Å²) in [5.74, 6) is 0.180. The van der Waals surface area contributed by atoms with Crippen LogP contribution in [0.3, 0.4) is 0 Å². The van der Waals surface area contributed by atoms with E-state index in [-0.39, 0.29) is 12.0 Å². The summed E-state index contributed by atoms with van der Waals surface area (Å²) < 4.78 is 5.29. The Balaban J connectivity index is 1.89. The van der Waals surface area contributed by atoms with E-state index >= 15 is 0 Å². The summed E-state index contributed by atoms with van der Waals surface area (Å²) in [6.07, 6.45) is 5.72. The van der Waals surface area contributed by atoms with Crippen molar-refractivity contribution in [1.29, 1.82) is 0 Å². The van der Waals surface area contributed by atoms with Crippen molar-refractivity contribution < 1.29 is 14.6 Å². The normalized spacial score (nSPS) is 23.1. The SMILES string of the molecule is CC(O)CN(CC(=O)N1CCOCC1)C1CCCCC1. The van der Waals surface area contributed by atoms with E-state index in [1.165, 1.54) is 19.3 Å². The standard InChI is InChI=1S/C15H28N2O3/c1-13(18)11-17(14-5-3-2-4-6-14)12-15(19)16-7-9-20-10-8-16/h13-14,18H,2-12H2,1H3. The van der Waals surface area contributed by atoms with Gasteiger partial charge in [-0.1, -0.05) is 19.3 Å². The molecule has 1 saturated heterocycles. The van der Waals surface area contributed by atoms with Crippen molar-refractivity contribution in [3.8, 4) is 0 Å². The fourth-order valence-corrected chi connectivity index (χ4v) is 3.21. The number of aliphatic hydroxyl groups excluding tert-OH is 1. The third-order valence-electron chi connectivity index (χ3n) is 4.29. The second kappa shape index (κ2) is 7.96. The zero-order chi connectivity index (χ0) is 14.4. The van der Waals surface area contributed by atoms with Crippen molar-refractivity contribution in [3.63, 3.8) is 0 Å². The van der Waals surface area contributed by atoms with Gasteiger partial charge in [0.25, 0.3) is 0 Å². The van der Waals surface area contributed by atoms with Crippen LogP contribution in [-0.2, 0) is 9.53 Å². The Kier molecular flexibility index (Phi) is 6.26. The van der Waals surface area contributed by atoms with Gasteiger partial charge in [-0.25, -0.2) is 0 Å². The average Bonchev–Trinajstić information content (AvgIpc) is 2.48. The summed E-state index contributed by atoms with van der Waals surface area (Å²) in [4.78, 5) is 16.5. The number of aliphatic hydroxyl groups is 1. The van der Waals surface area contributed by atoms with Gasteiger partial charge in [-0.3, -0.25) is 9.69 Å². The van der Waals surface area contributed by atoms with Crippen LogP contribution in [0.25, 0.3) is 0 Å². The van der Waals surface area contributed by atoms with Crippen LogP contribution in [0.15, 0.2) is 0 Å². The van der Waals surface area contributed by atoms with Crippen LogP contribution in [0.4, 0.5) is 0 Å². The highest BCUT2D eigenvalue weighted by atomic mass is 16.5. The minimum Gasteiger partial charge on any atom is -0.392 e. The molecule has 1 aliphatic heterocycles. The first-order chi connectivity index (χ1) is 9.66. The molecular weight excluding hydrogens is 256 g/mol. The molecule has 0 radical (unpaired) electrons. The van der Waals surface area contributed by atoms with Crippen LogP contribution in [0.5, 0.6) is 0 Å². The molecule has 0 spiro atoms. The maximum absolute atomic E-state index is 12.4. The molecule has 5 heteroatoms. The van der Waals surface area contributed by atoms with E-state index in [0.717, 1.165) is 12.8 Å². The van der Waals surface area contributed by atoms with Crippen molar-refractivity contribution in [1.82, 2.24) is 9.80 Å². The van der Waals surface area contributed by atoms with Gasteiger partial charge in [-0.15, -0.1) is 0 Å². The molecule has 1 heterocycles. The number of amides is 1. The summed E-state index contributed by atoms with van der Waals surface area (Å²) in [5.41, 5.74) is 0. The second-order valence-corrected chi connectivity index (χ2v) is 6.06. The van der Waals surface area contributed by atoms with Crippen LogP contribution in [0.1, 0.15) is 39.0 Å². The van der Waals surface area contributed by atoms with E-state index in [0.29, 0.717) is 45.4 Å². The molecule has 0 aromatic carbocycles. The number of rotatable bonds is 5. The first-order valence-corrected chi connectivity index (χ1v) is 7.94. The molecule has 2 aliphatic rings. The third-order valence-corrected chi connectivity index (χ3v) is 4.29. The van der Waals surface area contributed by atoms with Gasteiger partial charge in [-0.2, -0.15) is 0 Å². The Hall–Kier alpha value is -0.650. The monoisotopic (exact) mass is 284 g/mol. The van der Waals surface area contributed by atoms with E-state index in [1.54, 1.807) is 6.92 Å². The van der Waals surface area contributed by atoms with Crippen molar-refractivity contribution in [2.45, 2.75) is 51.2 Å². The smallest absolute Gasteiger partial charge is 0.236 e. The van der Waals surface area contributed by atoms with Gasteiger partial charge in [0.1, 0.15) is 0 Å². The van der Waals surface area contributed by atoms with E-state index < -0.39 is 0 Å². The van der Waals surface area contributed by atoms with Gasteiger partial charge in [0.2, 0.25) is 5.91 Å². The minimum absolute atomic E-state index is 0.180. The van der Waals surface area contributed by atoms with Crippen LogP contribution in [-0.4, -0.2) is 72.4 Å². The van der Waals surface area contributed by atoms with Crippen molar-refractivity contribution in [2.24, 2.45) is 0 Å². The number of morpholine rings is 1. The van der Waals surface area contributed by atoms with Crippen molar-refractivity contribution in [2.75, 3.05) is 39.4 Å². The Morgan fingerprint density at radius 3 is 2.55 bits per heavy atom. The zero-order valence-corrected chi connectivity index (χ0v) is 12.6. The Labute approximate surface area is 121 Å². The van der Waals surface area contributed by atoms with Crippen LogP contribution in [0, 0.1) is 0 Å². The molecule has 1 N–H and O–H groups in total. The highest BCUT2D eigenvalue weighted by Gasteiger charge is 2.26. The molecule has 0 bridgehead atoms. The summed E-state index contributed by atoms with van der Waals surface area (Å²) in [6.45, 7) is 5.53. The fourth-order valence-electron chi connectivity index (χ4n) is 3.21. The highest BCUT2D eigenvalue weighted by Crippen LogP contribution is 2.23. The number of hydrogen-bond acceptors (Lipinski definition) is 4. The van der Waals surface area contributed by atoms with Gasteiger partial charge in [0.05, 0.1) is 25.9 Å². The molecule has 1 unspecified atom stereocenters. The van der Waals surface area contributed by atoms with Crippen LogP contribution >= 0.6 is 0 Å². The number of nitrogens with zero attached hydrogens (tertiary/aromatic N) is 2. The van der Waals surface area contributed by atoms with E-state index in [2.05, 4.69) is 4.90 Å². The number of ether oxygens (including phenoxy) is 1. The average molecular weight is 284 g/mol. The lowest BCUT2D eigenvalue weighted by Crippen LogP contribution is -2.50. The maximum Gasteiger partial charge on any atom is 0.236 e. The first-order valence-electron chi connectivity index (χ1n) is 7.94. The number of carbonyl (C=O) groups excluding carboxylic acids is 1. The molecule has 2 rings (SSSR count). The third kappa shape index (κ3) is 4.72. The van der Waals surface area contributed by atoms with Gasteiger partial charge in [0.15, 0.2) is 0 Å². The highest BCUT2D eigenvalue weighted by molar-refractivity contribution is 5.78. The fraction of sp³-hybridized carbons (Fsp3) is 0.933. The van der Waals surface area contributed by atoms with Gasteiger partial charge >= 0.3 is 0 Å². The molecule has 116 valence electrons. The number of carbonyl (C=O) groups is 1. The quantitative estimate of drug-likeness (QED) is 0.813. The van der Waals surface area contributed by atoms with Gasteiger partial charge < -0.3 is 14.7 Å². The van der Waals surface area contributed by atoms with Crippen LogP contribution in [0.2, 0.25) is 0 Å². The molecule has 0 aromatic rings. The Morgan fingerprint density at radius 2 is 1.95 bits per heavy atom. The van der Waals surface area contributed by atoms with Crippen molar-refractivity contribution in [3.05, 3.63) is 0 Å². The van der Waals surface area contributed by atoms with E-state index in [9.17, 15) is 9.90 Å². The van der Waals surface area contributed by atoms with Crippen LogP contribution < -0.4 is 0 Å². The van der Waals surface area contributed by atoms with Gasteiger partial charge in [0, 0.05) is 25.7 Å². The largest absolute Gasteiger partial charge is 0.392 e. The predicted octanol–water partition coefficient (Wildman–Crippen LogP) is 0.861. The maximum atomic E-state index is 12.4. The lowest BCUT2D eigenvalue weighted by molar-refractivity contribution is -0.137. The number of hydrogen-bond donors (Lipinski definition) is 1. The molecular formula is C15H28N2O3.